The highest BCUT2D eigenvalue weighted by molar-refractivity contribution is 7.93. The van der Waals surface area contributed by atoms with E-state index in [0.717, 1.165) is 15.9 Å². The first-order chi connectivity index (χ1) is 13.9. The monoisotopic (exact) mass is 432 g/mol. The summed E-state index contributed by atoms with van der Waals surface area (Å²) in [5, 5.41) is 7.33. The summed E-state index contributed by atoms with van der Waals surface area (Å²) < 4.78 is 28.9. The predicted octanol–water partition coefficient (Wildman–Crippen LogP) is 2.47. The molecule has 1 fully saturated rings. The second kappa shape index (κ2) is 6.70. The van der Waals surface area contributed by atoms with E-state index in [0.29, 0.717) is 37.4 Å². The van der Waals surface area contributed by atoms with Crippen LogP contribution in [-0.4, -0.2) is 52.5 Å². The van der Waals surface area contributed by atoms with E-state index < -0.39 is 10.0 Å². The van der Waals surface area contributed by atoms with E-state index in [4.69, 9.17) is 0 Å². The van der Waals surface area contributed by atoms with E-state index in [2.05, 4.69) is 15.4 Å². The number of carbonyl (C=O) groups is 1. The van der Waals surface area contributed by atoms with Gasteiger partial charge in [0, 0.05) is 12.2 Å². The SMILES string of the molecule is CC1Cn2ncc(N3CCCS3(=O)=O)c2CN1C(=O)Nc1ccc2ncsc2c1. The molecule has 3 aromatic rings. The summed E-state index contributed by atoms with van der Waals surface area (Å²) in [4.78, 5) is 19.0. The number of aromatic nitrogens is 3. The third-order valence-electron chi connectivity index (χ3n) is 5.43. The van der Waals surface area contributed by atoms with Crippen molar-refractivity contribution >= 4 is 49.0 Å². The number of rotatable bonds is 2. The molecule has 1 unspecified atom stereocenters. The molecule has 5 rings (SSSR count). The summed E-state index contributed by atoms with van der Waals surface area (Å²) in [6.07, 6.45) is 2.21. The van der Waals surface area contributed by atoms with Crippen molar-refractivity contribution in [1.29, 1.82) is 0 Å². The topological polar surface area (TPSA) is 100 Å². The number of sulfonamides is 1. The van der Waals surface area contributed by atoms with Crippen LogP contribution in [-0.2, 0) is 23.1 Å². The zero-order valence-corrected chi connectivity index (χ0v) is 17.4. The lowest BCUT2D eigenvalue weighted by atomic mass is 10.2. The van der Waals surface area contributed by atoms with Gasteiger partial charge >= 0.3 is 6.03 Å². The fourth-order valence-corrected chi connectivity index (χ4v) is 6.20. The molecular formula is C18H20N6O3S2. The molecule has 1 saturated heterocycles. The van der Waals surface area contributed by atoms with Crippen LogP contribution in [0.2, 0.25) is 0 Å². The van der Waals surface area contributed by atoms with Crippen molar-refractivity contribution in [3.8, 4) is 0 Å². The van der Waals surface area contributed by atoms with Gasteiger partial charge in [0.05, 0.1) is 58.2 Å². The van der Waals surface area contributed by atoms with Crippen LogP contribution in [0.25, 0.3) is 10.2 Å². The van der Waals surface area contributed by atoms with Gasteiger partial charge in [0.2, 0.25) is 10.0 Å². The Morgan fingerprint density at radius 1 is 1.34 bits per heavy atom. The van der Waals surface area contributed by atoms with Crippen LogP contribution in [0.1, 0.15) is 19.0 Å². The number of thiazole rings is 1. The fourth-order valence-electron chi connectivity index (χ4n) is 3.91. The standard InChI is InChI=1S/C18H20N6O3S2/c1-12-9-23-16(15(8-20-23)24-5-2-6-29(24,26)27)10-22(12)18(25)21-13-3-4-14-17(7-13)28-11-19-14/h3-4,7-8,11-12H,2,5-6,9-10H2,1H3,(H,21,25). The summed E-state index contributed by atoms with van der Waals surface area (Å²) >= 11 is 1.52. The third-order valence-corrected chi connectivity index (χ3v) is 8.07. The van der Waals surface area contributed by atoms with Crippen LogP contribution >= 0.6 is 11.3 Å². The Kier molecular flexibility index (Phi) is 4.24. The van der Waals surface area contributed by atoms with Crippen LogP contribution in [0.4, 0.5) is 16.2 Å². The number of nitrogens with one attached hydrogen (secondary N) is 1. The molecule has 29 heavy (non-hydrogen) atoms. The molecule has 1 N–H and O–H groups in total. The van der Waals surface area contributed by atoms with E-state index >= 15 is 0 Å². The van der Waals surface area contributed by atoms with Crippen LogP contribution in [0.15, 0.2) is 29.9 Å². The summed E-state index contributed by atoms with van der Waals surface area (Å²) in [6.45, 7) is 3.24. The molecule has 152 valence electrons. The number of anilines is 2. The van der Waals surface area contributed by atoms with Gasteiger partial charge < -0.3 is 10.2 Å². The maximum Gasteiger partial charge on any atom is 0.322 e. The smallest absolute Gasteiger partial charge is 0.314 e. The Bertz CT molecular complexity index is 1200. The first-order valence-corrected chi connectivity index (χ1v) is 11.9. The maximum absolute atomic E-state index is 13.0. The molecule has 2 aliphatic rings. The van der Waals surface area contributed by atoms with Crippen molar-refractivity contribution in [1.82, 2.24) is 19.7 Å². The van der Waals surface area contributed by atoms with Gasteiger partial charge in [-0.25, -0.2) is 18.2 Å². The van der Waals surface area contributed by atoms with Crippen molar-refractivity contribution in [3.63, 3.8) is 0 Å². The van der Waals surface area contributed by atoms with Gasteiger partial charge in [-0.05, 0) is 31.5 Å². The van der Waals surface area contributed by atoms with Crippen molar-refractivity contribution in [2.75, 3.05) is 21.9 Å². The van der Waals surface area contributed by atoms with Gasteiger partial charge in [0.15, 0.2) is 0 Å². The number of carbonyl (C=O) groups excluding carboxylic acids is 1. The summed E-state index contributed by atoms with van der Waals surface area (Å²) in [6, 6.07) is 5.33. The highest BCUT2D eigenvalue weighted by Gasteiger charge is 2.35. The number of nitrogens with zero attached hydrogens (tertiary/aromatic N) is 5. The Morgan fingerprint density at radius 2 is 2.21 bits per heavy atom. The van der Waals surface area contributed by atoms with Crippen LogP contribution in [0.3, 0.4) is 0 Å². The van der Waals surface area contributed by atoms with Gasteiger partial charge in [-0.3, -0.25) is 8.99 Å². The summed E-state index contributed by atoms with van der Waals surface area (Å²) in [7, 11) is -3.30. The summed E-state index contributed by atoms with van der Waals surface area (Å²) in [5.74, 6) is 0.151. The Morgan fingerprint density at radius 3 is 3.00 bits per heavy atom. The van der Waals surface area contributed by atoms with Crippen LogP contribution < -0.4 is 9.62 Å². The lowest BCUT2D eigenvalue weighted by molar-refractivity contribution is 0.162. The van der Waals surface area contributed by atoms with E-state index in [-0.39, 0.29) is 17.8 Å². The zero-order chi connectivity index (χ0) is 20.2. The molecule has 0 aliphatic carbocycles. The highest BCUT2D eigenvalue weighted by atomic mass is 32.2. The van der Waals surface area contributed by atoms with Crippen molar-refractivity contribution in [2.24, 2.45) is 0 Å². The number of benzene rings is 1. The number of urea groups is 1. The van der Waals surface area contributed by atoms with Crippen molar-refractivity contribution in [2.45, 2.75) is 32.5 Å². The quantitative estimate of drug-likeness (QED) is 0.670. The third kappa shape index (κ3) is 3.14. The van der Waals surface area contributed by atoms with Crippen molar-refractivity contribution < 1.29 is 13.2 Å². The van der Waals surface area contributed by atoms with E-state index in [1.165, 1.54) is 15.6 Å². The number of hydrogen-bond acceptors (Lipinski definition) is 6. The average Bonchev–Trinajstić information content (AvgIpc) is 3.38. The van der Waals surface area contributed by atoms with Gasteiger partial charge in [0.25, 0.3) is 0 Å². The number of hydrogen-bond donors (Lipinski definition) is 1. The van der Waals surface area contributed by atoms with E-state index in [1.807, 2.05) is 25.1 Å². The molecule has 2 aromatic heterocycles. The fraction of sp³-hybridized carbons (Fsp3) is 0.389. The molecule has 0 saturated carbocycles. The van der Waals surface area contributed by atoms with E-state index in [1.54, 1.807) is 21.3 Å². The molecule has 1 aromatic carbocycles. The van der Waals surface area contributed by atoms with Crippen LogP contribution in [0.5, 0.6) is 0 Å². The Labute approximate surface area is 172 Å². The second-order valence-electron chi connectivity index (χ2n) is 7.34. The molecule has 2 aliphatic heterocycles. The maximum atomic E-state index is 13.0. The number of amides is 2. The van der Waals surface area contributed by atoms with Gasteiger partial charge in [-0.15, -0.1) is 11.3 Å². The first-order valence-electron chi connectivity index (χ1n) is 9.38. The number of fused-ring (bicyclic) bond motifs is 2. The normalized spacial score (nSPS) is 20.8. The first kappa shape index (κ1) is 18.4. The lowest BCUT2D eigenvalue weighted by Crippen LogP contribution is -2.47. The summed E-state index contributed by atoms with van der Waals surface area (Å²) in [5.41, 5.74) is 4.72. The van der Waals surface area contributed by atoms with Gasteiger partial charge in [-0.2, -0.15) is 5.10 Å². The predicted molar refractivity (Wildman–Crippen MR) is 112 cm³/mol. The molecule has 0 radical (unpaired) electrons. The van der Waals surface area contributed by atoms with Gasteiger partial charge in [-0.1, -0.05) is 0 Å². The molecule has 0 spiro atoms. The zero-order valence-electron chi connectivity index (χ0n) is 15.8. The second-order valence-corrected chi connectivity index (χ2v) is 10.2. The molecule has 2 amide bonds. The Hall–Kier alpha value is -2.66. The minimum atomic E-state index is -3.30. The molecule has 4 heterocycles. The van der Waals surface area contributed by atoms with Crippen molar-refractivity contribution in [3.05, 3.63) is 35.6 Å². The highest BCUT2D eigenvalue weighted by Crippen LogP contribution is 2.32. The minimum Gasteiger partial charge on any atom is -0.314 e. The average molecular weight is 433 g/mol. The molecule has 0 bridgehead atoms. The Balaban J connectivity index is 1.40. The molecule has 1 atom stereocenters. The molecule has 9 nitrogen and oxygen atoms in total. The molecule has 11 heteroatoms. The van der Waals surface area contributed by atoms with E-state index in [9.17, 15) is 13.2 Å². The molecular weight excluding hydrogens is 412 g/mol. The van der Waals surface area contributed by atoms with Crippen LogP contribution in [0, 0.1) is 0 Å². The minimum absolute atomic E-state index is 0.0717. The lowest BCUT2D eigenvalue weighted by Gasteiger charge is -2.35. The largest absolute Gasteiger partial charge is 0.322 e. The van der Waals surface area contributed by atoms with Gasteiger partial charge in [0.1, 0.15) is 0 Å².